The van der Waals surface area contributed by atoms with Crippen molar-refractivity contribution < 1.29 is 14.4 Å². The molecule has 3 aliphatic rings. The summed E-state index contributed by atoms with van der Waals surface area (Å²) in [6, 6.07) is 8.33. The van der Waals surface area contributed by atoms with E-state index in [9.17, 15) is 14.4 Å². The van der Waals surface area contributed by atoms with Crippen LogP contribution in [-0.4, -0.2) is 41.4 Å². The molecule has 0 amide bonds. The normalized spacial score (nSPS) is 25.6. The quantitative estimate of drug-likeness (QED) is 0.321. The lowest BCUT2D eigenvalue weighted by molar-refractivity contribution is -0.122. The molecule has 0 bridgehead atoms. The van der Waals surface area contributed by atoms with E-state index in [0.29, 0.717) is 42.3 Å². The van der Waals surface area contributed by atoms with Crippen LogP contribution in [0.1, 0.15) is 63.5 Å². The number of ketones is 3. The highest BCUT2D eigenvalue weighted by atomic mass is 16.1. The molecule has 2 fully saturated rings. The number of rotatable bonds is 9. The first-order valence-corrected chi connectivity index (χ1v) is 13.5. The number of carbonyl (C=O) groups is 3. The van der Waals surface area contributed by atoms with E-state index in [0.717, 1.165) is 55.5 Å². The molecule has 1 aliphatic heterocycles. The highest BCUT2D eigenvalue weighted by molar-refractivity contribution is 6.19. The summed E-state index contributed by atoms with van der Waals surface area (Å²) in [5.41, 5.74) is 3.61. The van der Waals surface area contributed by atoms with Gasteiger partial charge in [0.2, 0.25) is 0 Å². The van der Waals surface area contributed by atoms with Gasteiger partial charge in [0.25, 0.3) is 0 Å². The van der Waals surface area contributed by atoms with Crippen molar-refractivity contribution in [3.05, 3.63) is 77.9 Å². The second kappa shape index (κ2) is 11.9. The van der Waals surface area contributed by atoms with Crippen LogP contribution in [-0.2, 0) is 20.8 Å². The van der Waals surface area contributed by atoms with Gasteiger partial charge in [-0.15, -0.1) is 6.58 Å². The minimum atomic E-state index is 0.0158. The molecule has 3 atom stereocenters. The predicted octanol–water partition coefficient (Wildman–Crippen LogP) is 5.93. The van der Waals surface area contributed by atoms with Gasteiger partial charge in [-0.1, -0.05) is 61.6 Å². The van der Waals surface area contributed by atoms with Crippen LogP contribution in [0.5, 0.6) is 0 Å². The van der Waals surface area contributed by atoms with Crippen LogP contribution in [0.25, 0.3) is 5.57 Å². The first kappa shape index (κ1) is 26.2. The maximum absolute atomic E-state index is 12.9. The Kier molecular flexibility index (Phi) is 8.68. The Labute approximate surface area is 215 Å². The average molecular weight is 486 g/mol. The van der Waals surface area contributed by atoms with Crippen molar-refractivity contribution >= 4 is 22.9 Å². The van der Waals surface area contributed by atoms with Gasteiger partial charge in [-0.2, -0.15) is 0 Å². The molecule has 3 unspecified atom stereocenters. The summed E-state index contributed by atoms with van der Waals surface area (Å²) in [7, 11) is 0. The molecule has 1 aromatic carbocycles. The summed E-state index contributed by atoms with van der Waals surface area (Å²) < 4.78 is 0. The molecule has 190 valence electrons. The SMILES string of the molecule is C=CC/C=C(\C(C)=O)c1cccc(CC2CC(N3CCC(C(=O)C4=CCC(C)C=C4)CC3)CC2=O)c1. The van der Waals surface area contributed by atoms with Crippen molar-refractivity contribution in [2.45, 2.75) is 64.8 Å². The van der Waals surface area contributed by atoms with E-state index in [1.54, 1.807) is 13.0 Å². The number of Topliss-reactive ketones (excluding diaryl/α,β-unsaturated/α-hetero) is 3. The van der Waals surface area contributed by atoms with Crippen molar-refractivity contribution in [3.63, 3.8) is 0 Å². The van der Waals surface area contributed by atoms with Gasteiger partial charge in [0.05, 0.1) is 0 Å². The molecule has 1 heterocycles. The average Bonchev–Trinajstić information content (AvgIpc) is 3.24. The van der Waals surface area contributed by atoms with E-state index in [1.807, 2.05) is 24.3 Å². The molecule has 1 saturated carbocycles. The van der Waals surface area contributed by atoms with Crippen molar-refractivity contribution in [1.29, 1.82) is 0 Å². The predicted molar refractivity (Wildman–Crippen MR) is 145 cm³/mol. The maximum atomic E-state index is 12.9. The minimum Gasteiger partial charge on any atom is -0.300 e. The third-order valence-corrected chi connectivity index (χ3v) is 8.05. The van der Waals surface area contributed by atoms with Gasteiger partial charge in [0.15, 0.2) is 11.6 Å². The fourth-order valence-corrected chi connectivity index (χ4v) is 5.91. The zero-order valence-electron chi connectivity index (χ0n) is 21.7. The lowest BCUT2D eigenvalue weighted by atomic mass is 9.85. The van der Waals surface area contributed by atoms with E-state index in [1.165, 1.54) is 0 Å². The summed E-state index contributed by atoms with van der Waals surface area (Å²) in [5.74, 6) is 1.31. The van der Waals surface area contributed by atoms with Crippen LogP contribution in [0.4, 0.5) is 0 Å². The van der Waals surface area contributed by atoms with Crippen molar-refractivity contribution in [3.8, 4) is 0 Å². The van der Waals surface area contributed by atoms with Crippen molar-refractivity contribution in [2.75, 3.05) is 13.1 Å². The van der Waals surface area contributed by atoms with Gasteiger partial charge in [0.1, 0.15) is 5.78 Å². The summed E-state index contributed by atoms with van der Waals surface area (Å²) in [5, 5.41) is 0. The van der Waals surface area contributed by atoms with E-state index in [4.69, 9.17) is 0 Å². The molecular formula is C32H39NO3. The number of hydrogen-bond acceptors (Lipinski definition) is 4. The van der Waals surface area contributed by atoms with Gasteiger partial charge in [-0.25, -0.2) is 0 Å². The smallest absolute Gasteiger partial charge is 0.165 e. The molecule has 1 aromatic rings. The van der Waals surface area contributed by atoms with Gasteiger partial charge < -0.3 is 0 Å². The zero-order chi connectivity index (χ0) is 25.7. The third kappa shape index (κ3) is 6.28. The number of nitrogens with zero attached hydrogens (tertiary/aromatic N) is 1. The molecule has 0 N–H and O–H groups in total. The standard InChI is InChI=1S/C32H39NO3/c1-4-5-9-30(23(3)34)27-8-6-7-24(18-27)19-28-20-29(21-31(28)35)33-16-14-26(15-17-33)32(36)25-12-10-22(2)11-13-25/h4,6-10,12-13,18,22,26,28-29H,1,5,11,14-17,19-21H2,2-3H3/b30-9+. The Morgan fingerprint density at radius 1 is 1.19 bits per heavy atom. The first-order valence-electron chi connectivity index (χ1n) is 13.5. The Bertz CT molecular complexity index is 1100. The highest BCUT2D eigenvalue weighted by Crippen LogP contribution is 2.33. The molecule has 1 saturated heterocycles. The van der Waals surface area contributed by atoms with Gasteiger partial charge in [-0.3, -0.25) is 19.3 Å². The van der Waals surface area contributed by atoms with E-state index < -0.39 is 0 Å². The Morgan fingerprint density at radius 3 is 2.64 bits per heavy atom. The van der Waals surface area contributed by atoms with E-state index >= 15 is 0 Å². The number of carbonyl (C=O) groups excluding carboxylic acids is 3. The monoisotopic (exact) mass is 485 g/mol. The first-order chi connectivity index (χ1) is 17.4. The Morgan fingerprint density at radius 2 is 1.97 bits per heavy atom. The minimum absolute atomic E-state index is 0.0158. The van der Waals surface area contributed by atoms with Gasteiger partial charge in [0, 0.05) is 35.4 Å². The molecule has 0 spiro atoms. The van der Waals surface area contributed by atoms with Crippen molar-refractivity contribution in [2.24, 2.45) is 17.8 Å². The highest BCUT2D eigenvalue weighted by Gasteiger charge is 2.38. The fraction of sp³-hybridized carbons (Fsp3) is 0.469. The maximum Gasteiger partial charge on any atom is 0.165 e. The number of allylic oxidation sites excluding steroid dienone is 7. The summed E-state index contributed by atoms with van der Waals surface area (Å²) >= 11 is 0. The number of hydrogen-bond donors (Lipinski definition) is 0. The van der Waals surface area contributed by atoms with Crippen LogP contribution in [0.3, 0.4) is 0 Å². The third-order valence-electron chi connectivity index (χ3n) is 8.05. The summed E-state index contributed by atoms with van der Waals surface area (Å²) in [4.78, 5) is 40.5. The molecule has 0 radical (unpaired) electrons. The lowest BCUT2D eigenvalue weighted by Gasteiger charge is -2.35. The lowest BCUT2D eigenvalue weighted by Crippen LogP contribution is -2.42. The number of piperidine rings is 1. The second-order valence-electron chi connectivity index (χ2n) is 10.8. The number of benzene rings is 1. The summed E-state index contributed by atoms with van der Waals surface area (Å²) in [6.07, 6.45) is 15.5. The molecule has 4 nitrogen and oxygen atoms in total. The molecule has 2 aliphatic carbocycles. The second-order valence-corrected chi connectivity index (χ2v) is 10.8. The summed E-state index contributed by atoms with van der Waals surface area (Å²) in [6.45, 7) is 9.28. The molecule has 0 aromatic heterocycles. The topological polar surface area (TPSA) is 54.5 Å². The zero-order valence-corrected chi connectivity index (χ0v) is 21.7. The van der Waals surface area contributed by atoms with Gasteiger partial charge >= 0.3 is 0 Å². The molecular weight excluding hydrogens is 446 g/mol. The molecule has 4 heteroatoms. The van der Waals surface area contributed by atoms with Crippen LogP contribution in [0, 0.1) is 17.8 Å². The number of likely N-dealkylation sites (tertiary alicyclic amines) is 1. The van der Waals surface area contributed by atoms with E-state index in [2.05, 4.69) is 42.7 Å². The van der Waals surface area contributed by atoms with Crippen LogP contribution in [0.15, 0.2) is 66.8 Å². The fourth-order valence-electron chi connectivity index (χ4n) is 5.91. The van der Waals surface area contributed by atoms with Crippen molar-refractivity contribution in [1.82, 2.24) is 4.90 Å². The van der Waals surface area contributed by atoms with Crippen LogP contribution in [0.2, 0.25) is 0 Å². The Balaban J connectivity index is 1.33. The van der Waals surface area contributed by atoms with Crippen LogP contribution >= 0.6 is 0 Å². The largest absolute Gasteiger partial charge is 0.300 e. The Hall–Kier alpha value is -2.85. The van der Waals surface area contributed by atoms with Gasteiger partial charge in [-0.05, 0) is 75.6 Å². The van der Waals surface area contributed by atoms with Crippen LogP contribution < -0.4 is 0 Å². The molecule has 4 rings (SSSR count). The molecule has 36 heavy (non-hydrogen) atoms. The van der Waals surface area contributed by atoms with E-state index in [-0.39, 0.29) is 23.7 Å².